The second-order valence-corrected chi connectivity index (χ2v) is 6.68. The van der Waals surface area contributed by atoms with Gasteiger partial charge in [0.2, 0.25) is 0 Å². The van der Waals surface area contributed by atoms with E-state index in [0.29, 0.717) is 16.5 Å². The highest BCUT2D eigenvalue weighted by molar-refractivity contribution is 6.30. The zero-order chi connectivity index (χ0) is 15.4. The Bertz CT molecular complexity index is 470. The predicted molar refractivity (Wildman–Crippen MR) is 95.1 cm³/mol. The van der Waals surface area contributed by atoms with E-state index >= 15 is 0 Å². The zero-order valence-electron chi connectivity index (χ0n) is 13.6. The molecule has 3 nitrogen and oxygen atoms in total. The lowest BCUT2D eigenvalue weighted by Gasteiger charge is -2.34. The Hall–Kier alpha value is -0.770. The van der Waals surface area contributed by atoms with Crippen molar-refractivity contribution in [1.82, 2.24) is 9.80 Å². The lowest BCUT2D eigenvalue weighted by molar-refractivity contribution is 0.0641. The molecule has 0 saturated carbocycles. The highest BCUT2D eigenvalue weighted by atomic mass is 35.5. The van der Waals surface area contributed by atoms with Gasteiger partial charge in [0.05, 0.1) is 0 Å². The largest absolute Gasteiger partial charge is 0.337 e. The van der Waals surface area contributed by atoms with Gasteiger partial charge in [-0.2, -0.15) is 0 Å². The summed E-state index contributed by atoms with van der Waals surface area (Å²) in [4.78, 5) is 17.0. The topological polar surface area (TPSA) is 23.6 Å². The molecule has 0 bridgehead atoms. The van der Waals surface area contributed by atoms with Crippen LogP contribution in [-0.2, 0) is 0 Å². The van der Waals surface area contributed by atoms with E-state index in [9.17, 15) is 4.79 Å². The summed E-state index contributed by atoms with van der Waals surface area (Å²) in [6.45, 7) is 7.66. The van der Waals surface area contributed by atoms with E-state index in [4.69, 9.17) is 11.6 Å². The first-order valence-corrected chi connectivity index (χ1v) is 8.12. The standard InChI is InChI=1S/C17H25ClN2O.ClH/c1-13(2)16(12-20-10-4-5-11-20)19(3)17(21)14-6-8-15(18)9-7-14;/h6-9,13,16H,4-5,10-12H2,1-3H3;1H/t16-;/m1./s1. The molecule has 0 aliphatic carbocycles. The summed E-state index contributed by atoms with van der Waals surface area (Å²) in [5.74, 6) is 0.511. The van der Waals surface area contributed by atoms with E-state index < -0.39 is 0 Å². The minimum atomic E-state index is 0. The van der Waals surface area contributed by atoms with Crippen molar-refractivity contribution in [2.45, 2.75) is 32.7 Å². The van der Waals surface area contributed by atoms with Crippen molar-refractivity contribution in [3.05, 3.63) is 34.9 Å². The smallest absolute Gasteiger partial charge is 0.253 e. The Morgan fingerprint density at radius 2 is 1.77 bits per heavy atom. The number of nitrogens with zero attached hydrogens (tertiary/aromatic N) is 2. The van der Waals surface area contributed by atoms with E-state index in [1.54, 1.807) is 24.3 Å². The fraction of sp³-hybridized carbons (Fsp3) is 0.588. The second-order valence-electron chi connectivity index (χ2n) is 6.24. The molecule has 1 aromatic rings. The molecule has 1 aliphatic rings. The average molecular weight is 345 g/mol. The molecule has 1 atom stereocenters. The van der Waals surface area contributed by atoms with Crippen LogP contribution in [0.15, 0.2) is 24.3 Å². The molecule has 1 aliphatic heterocycles. The van der Waals surface area contributed by atoms with Gasteiger partial charge >= 0.3 is 0 Å². The molecule has 22 heavy (non-hydrogen) atoms. The number of carbonyl (C=O) groups is 1. The van der Waals surface area contributed by atoms with Gasteiger partial charge in [-0.15, -0.1) is 12.4 Å². The van der Waals surface area contributed by atoms with Crippen LogP contribution in [0.5, 0.6) is 0 Å². The van der Waals surface area contributed by atoms with E-state index in [2.05, 4.69) is 18.7 Å². The van der Waals surface area contributed by atoms with Crippen molar-refractivity contribution in [3.8, 4) is 0 Å². The molecule has 0 radical (unpaired) electrons. The lowest BCUT2D eigenvalue weighted by Crippen LogP contribution is -2.47. The van der Waals surface area contributed by atoms with Crippen LogP contribution >= 0.6 is 24.0 Å². The van der Waals surface area contributed by atoms with Crippen molar-refractivity contribution in [1.29, 1.82) is 0 Å². The number of hydrogen-bond donors (Lipinski definition) is 0. The summed E-state index contributed by atoms with van der Waals surface area (Å²) in [7, 11) is 1.91. The summed E-state index contributed by atoms with van der Waals surface area (Å²) in [5.41, 5.74) is 0.703. The molecule has 0 N–H and O–H groups in total. The fourth-order valence-corrected chi connectivity index (χ4v) is 3.08. The summed E-state index contributed by atoms with van der Waals surface area (Å²) in [6.07, 6.45) is 2.55. The van der Waals surface area contributed by atoms with E-state index in [1.807, 2.05) is 11.9 Å². The Morgan fingerprint density at radius 3 is 2.27 bits per heavy atom. The first-order chi connectivity index (χ1) is 9.99. The highest BCUT2D eigenvalue weighted by Gasteiger charge is 2.27. The number of likely N-dealkylation sites (N-methyl/N-ethyl adjacent to an activating group) is 1. The maximum Gasteiger partial charge on any atom is 0.253 e. The quantitative estimate of drug-likeness (QED) is 0.807. The van der Waals surface area contributed by atoms with Gasteiger partial charge in [-0.25, -0.2) is 0 Å². The lowest BCUT2D eigenvalue weighted by atomic mass is 10.0. The molecule has 1 aromatic carbocycles. The maximum atomic E-state index is 12.6. The van der Waals surface area contributed by atoms with Gasteiger partial charge in [0.1, 0.15) is 0 Å². The predicted octanol–water partition coefficient (Wildman–Crippen LogP) is 3.95. The third-order valence-electron chi connectivity index (χ3n) is 4.32. The Kier molecular flexibility index (Phi) is 7.67. The van der Waals surface area contributed by atoms with Crippen LogP contribution in [-0.4, -0.2) is 48.4 Å². The molecule has 1 heterocycles. The van der Waals surface area contributed by atoms with Crippen molar-refractivity contribution >= 4 is 29.9 Å². The van der Waals surface area contributed by atoms with Gasteiger partial charge in [-0.3, -0.25) is 4.79 Å². The molecule has 0 unspecified atom stereocenters. The van der Waals surface area contributed by atoms with Gasteiger partial charge in [-0.1, -0.05) is 25.4 Å². The third-order valence-corrected chi connectivity index (χ3v) is 4.57. The van der Waals surface area contributed by atoms with E-state index in [1.165, 1.54) is 12.8 Å². The van der Waals surface area contributed by atoms with E-state index in [0.717, 1.165) is 19.6 Å². The van der Waals surface area contributed by atoms with Gasteiger partial charge in [0.25, 0.3) is 5.91 Å². The zero-order valence-corrected chi connectivity index (χ0v) is 15.2. The van der Waals surface area contributed by atoms with Crippen molar-refractivity contribution in [2.24, 2.45) is 5.92 Å². The summed E-state index contributed by atoms with van der Waals surface area (Å²) in [6, 6.07) is 7.38. The summed E-state index contributed by atoms with van der Waals surface area (Å²) in [5, 5.41) is 0.659. The minimum absolute atomic E-state index is 0. The Balaban J connectivity index is 0.00000242. The number of amides is 1. The molecule has 1 fully saturated rings. The number of halogens is 2. The molecular formula is C17H26Cl2N2O. The number of benzene rings is 1. The second kappa shape index (κ2) is 8.76. The molecular weight excluding hydrogens is 319 g/mol. The van der Waals surface area contributed by atoms with E-state index in [-0.39, 0.29) is 24.4 Å². The van der Waals surface area contributed by atoms with Gasteiger partial charge in [0.15, 0.2) is 0 Å². The number of hydrogen-bond acceptors (Lipinski definition) is 2. The minimum Gasteiger partial charge on any atom is -0.337 e. The molecule has 1 saturated heterocycles. The monoisotopic (exact) mass is 344 g/mol. The van der Waals surface area contributed by atoms with Crippen molar-refractivity contribution < 1.29 is 4.79 Å². The fourth-order valence-electron chi connectivity index (χ4n) is 2.96. The number of rotatable bonds is 5. The number of carbonyl (C=O) groups excluding carboxylic acids is 1. The first-order valence-electron chi connectivity index (χ1n) is 7.74. The average Bonchev–Trinajstić information content (AvgIpc) is 2.97. The van der Waals surface area contributed by atoms with Gasteiger partial charge in [0, 0.05) is 30.2 Å². The molecule has 5 heteroatoms. The maximum absolute atomic E-state index is 12.6. The summed E-state index contributed by atoms with van der Waals surface area (Å²) >= 11 is 5.89. The molecule has 2 rings (SSSR count). The Labute approximate surface area is 145 Å². The van der Waals surface area contributed by atoms with Crippen LogP contribution in [0, 0.1) is 5.92 Å². The van der Waals surface area contributed by atoms with Crippen LogP contribution in [0.2, 0.25) is 5.02 Å². The highest BCUT2D eigenvalue weighted by Crippen LogP contribution is 2.18. The molecule has 124 valence electrons. The molecule has 1 amide bonds. The van der Waals surface area contributed by atoms with Crippen LogP contribution in [0.1, 0.15) is 37.0 Å². The van der Waals surface area contributed by atoms with Gasteiger partial charge in [-0.05, 0) is 56.1 Å². The first kappa shape index (κ1) is 19.3. The van der Waals surface area contributed by atoms with Crippen LogP contribution < -0.4 is 0 Å². The van der Waals surface area contributed by atoms with Crippen molar-refractivity contribution in [2.75, 3.05) is 26.7 Å². The Morgan fingerprint density at radius 1 is 1.23 bits per heavy atom. The van der Waals surface area contributed by atoms with Crippen molar-refractivity contribution in [3.63, 3.8) is 0 Å². The normalized spacial score (nSPS) is 16.4. The number of likely N-dealkylation sites (tertiary alicyclic amines) is 1. The molecule has 0 aromatic heterocycles. The van der Waals surface area contributed by atoms with Gasteiger partial charge < -0.3 is 9.80 Å². The SMILES string of the molecule is CC(C)[C@@H](CN1CCCC1)N(C)C(=O)c1ccc(Cl)cc1.Cl. The molecule has 0 spiro atoms. The van der Waals surface area contributed by atoms with Crippen LogP contribution in [0.25, 0.3) is 0 Å². The summed E-state index contributed by atoms with van der Waals surface area (Å²) < 4.78 is 0. The van der Waals surface area contributed by atoms with Crippen LogP contribution in [0.4, 0.5) is 0 Å². The van der Waals surface area contributed by atoms with Crippen LogP contribution in [0.3, 0.4) is 0 Å². The third kappa shape index (κ3) is 4.87.